The molecule has 0 saturated heterocycles. The van der Waals surface area contributed by atoms with E-state index in [1.165, 1.54) is 18.2 Å². The second-order valence-electron chi connectivity index (χ2n) is 12.8. The lowest BCUT2D eigenvalue weighted by atomic mass is 9.97. The summed E-state index contributed by atoms with van der Waals surface area (Å²) in [5, 5.41) is 0. The summed E-state index contributed by atoms with van der Waals surface area (Å²) >= 11 is 0. The lowest BCUT2D eigenvalue weighted by molar-refractivity contribution is -0.147. The summed E-state index contributed by atoms with van der Waals surface area (Å²) in [5.74, 6) is -4.34. The third kappa shape index (κ3) is 7.20. The van der Waals surface area contributed by atoms with E-state index in [9.17, 15) is 28.8 Å². The number of benzene rings is 5. The molecule has 0 aromatic heterocycles. The Morgan fingerprint density at radius 2 is 0.981 bits per heavy atom. The number of hydrogen-bond donors (Lipinski definition) is 0. The van der Waals surface area contributed by atoms with Gasteiger partial charge in [-0.25, -0.2) is 4.79 Å². The zero-order valence-corrected chi connectivity index (χ0v) is 29.0. The fourth-order valence-electron chi connectivity index (χ4n) is 5.93. The number of nitrogens with zero attached hydrogens (tertiary/aromatic N) is 1. The van der Waals surface area contributed by atoms with Crippen LogP contribution in [0.2, 0.25) is 0 Å². The third-order valence-electron chi connectivity index (χ3n) is 9.23. The highest BCUT2D eigenvalue weighted by atomic mass is 16.6. The summed E-state index contributed by atoms with van der Waals surface area (Å²) < 4.78 is 11.4. The molecule has 5 aromatic rings. The smallest absolute Gasteiger partial charge is 0.339 e. The van der Waals surface area contributed by atoms with Crippen molar-refractivity contribution in [2.75, 3.05) is 6.54 Å². The monoisotopic (exact) mass is 693 g/mol. The number of amides is 2. The first-order chi connectivity index (χ1) is 24.9. The summed E-state index contributed by atoms with van der Waals surface area (Å²) in [6.07, 6.45) is -2.60. The van der Waals surface area contributed by atoms with E-state index in [4.69, 9.17) is 9.47 Å². The van der Waals surface area contributed by atoms with Gasteiger partial charge in [-0.05, 0) is 80.3 Å². The molecule has 2 atom stereocenters. The topological polar surface area (TPSA) is 124 Å². The van der Waals surface area contributed by atoms with Gasteiger partial charge in [-0.1, -0.05) is 84.9 Å². The number of hydrogen-bond acceptors (Lipinski definition) is 8. The van der Waals surface area contributed by atoms with E-state index in [1.54, 1.807) is 91.0 Å². The van der Waals surface area contributed by atoms with E-state index < -0.39 is 54.1 Å². The van der Waals surface area contributed by atoms with Gasteiger partial charge in [0.25, 0.3) is 11.8 Å². The molecule has 5 aromatic carbocycles. The maximum atomic E-state index is 13.7. The van der Waals surface area contributed by atoms with Gasteiger partial charge in [-0.15, -0.1) is 0 Å². The van der Waals surface area contributed by atoms with Crippen LogP contribution >= 0.6 is 0 Å². The SMILES string of the molecule is Cc1ccc(C(=O)[C@@H](OC(=O)c2ccc3c(c2)C(=O)N(CC(=O)O[C@@H](C(=O)c2ccc(C)c(C)c2)c2ccccc2)C3=O)c2ccccc2)cc1C. The van der Waals surface area contributed by atoms with Gasteiger partial charge in [-0.3, -0.25) is 28.9 Å². The summed E-state index contributed by atoms with van der Waals surface area (Å²) in [7, 11) is 0. The van der Waals surface area contributed by atoms with Crippen molar-refractivity contribution in [3.63, 3.8) is 0 Å². The Kier molecular flexibility index (Phi) is 10.1. The predicted molar refractivity (Wildman–Crippen MR) is 192 cm³/mol. The molecule has 0 aliphatic carbocycles. The molecule has 0 unspecified atom stereocenters. The van der Waals surface area contributed by atoms with Crippen molar-refractivity contribution in [1.82, 2.24) is 4.90 Å². The zero-order chi connectivity index (χ0) is 37.1. The summed E-state index contributed by atoms with van der Waals surface area (Å²) in [6.45, 7) is 6.83. The molecule has 0 bridgehead atoms. The van der Waals surface area contributed by atoms with E-state index >= 15 is 0 Å². The van der Waals surface area contributed by atoms with Crippen LogP contribution in [0.15, 0.2) is 115 Å². The fraction of sp³-hybridized carbons (Fsp3) is 0.163. The third-order valence-corrected chi connectivity index (χ3v) is 9.23. The van der Waals surface area contributed by atoms with Gasteiger partial charge >= 0.3 is 11.9 Å². The first-order valence-corrected chi connectivity index (χ1v) is 16.7. The summed E-state index contributed by atoms with van der Waals surface area (Å²) in [6, 6.07) is 31.3. The van der Waals surface area contributed by atoms with Crippen LogP contribution < -0.4 is 0 Å². The minimum Gasteiger partial charge on any atom is -0.448 e. The van der Waals surface area contributed by atoms with Crippen LogP contribution in [0.1, 0.15) is 97.4 Å². The van der Waals surface area contributed by atoms with Crippen molar-refractivity contribution in [2.45, 2.75) is 39.9 Å². The van der Waals surface area contributed by atoms with Crippen molar-refractivity contribution >= 4 is 35.3 Å². The average Bonchev–Trinajstić information content (AvgIpc) is 3.39. The Balaban J connectivity index is 1.20. The molecular formula is C43H35NO8. The molecular weight excluding hydrogens is 658 g/mol. The highest BCUT2D eigenvalue weighted by Crippen LogP contribution is 2.29. The van der Waals surface area contributed by atoms with Crippen molar-refractivity contribution in [3.8, 4) is 0 Å². The maximum Gasteiger partial charge on any atom is 0.339 e. The number of esters is 2. The molecule has 9 nitrogen and oxygen atoms in total. The number of imide groups is 1. The molecule has 1 aliphatic rings. The Bertz CT molecular complexity index is 2240. The molecule has 0 saturated carbocycles. The van der Waals surface area contributed by atoms with E-state index in [2.05, 4.69) is 0 Å². The van der Waals surface area contributed by atoms with Crippen LogP contribution in [-0.4, -0.2) is 46.8 Å². The van der Waals surface area contributed by atoms with Gasteiger partial charge in [0.05, 0.1) is 16.7 Å². The molecule has 9 heteroatoms. The standard InChI is InChI=1S/C43H35NO8/c1-25-15-17-31(21-27(25)3)37(46)39(29-11-7-5-8-12-29)51-36(45)24-44-41(48)34-20-19-33(23-35(34)42(44)49)43(50)52-40(30-13-9-6-10-14-30)38(47)32-18-16-26(2)28(4)22-32/h5-23,39-40H,24H2,1-4H3/t39-,40+/m1/s1. The zero-order valence-electron chi connectivity index (χ0n) is 29.0. The molecule has 260 valence electrons. The fourth-order valence-corrected chi connectivity index (χ4v) is 5.93. The number of ether oxygens (including phenoxy) is 2. The lowest BCUT2D eigenvalue weighted by Crippen LogP contribution is -2.36. The van der Waals surface area contributed by atoms with Gasteiger partial charge in [0.2, 0.25) is 11.6 Å². The van der Waals surface area contributed by atoms with Crippen LogP contribution in [0, 0.1) is 27.7 Å². The molecule has 1 aliphatic heterocycles. The van der Waals surface area contributed by atoms with Crippen molar-refractivity contribution < 1.29 is 38.2 Å². The number of carbonyl (C=O) groups excluding carboxylic acids is 6. The van der Waals surface area contributed by atoms with E-state index in [0.717, 1.165) is 22.3 Å². The molecule has 6 rings (SSSR count). The van der Waals surface area contributed by atoms with Gasteiger partial charge in [0, 0.05) is 22.3 Å². The number of carbonyl (C=O) groups is 6. The Labute approximate surface area is 300 Å². The molecule has 0 radical (unpaired) electrons. The van der Waals surface area contributed by atoms with Crippen molar-refractivity contribution in [3.05, 3.63) is 176 Å². The van der Waals surface area contributed by atoms with Crippen LogP contribution in [0.25, 0.3) is 0 Å². The number of rotatable bonds is 11. The normalized spacial score (nSPS) is 13.3. The van der Waals surface area contributed by atoms with Gasteiger partial charge in [0.1, 0.15) is 6.54 Å². The van der Waals surface area contributed by atoms with Crippen LogP contribution in [0.4, 0.5) is 0 Å². The predicted octanol–water partition coefficient (Wildman–Crippen LogP) is 7.46. The lowest BCUT2D eigenvalue weighted by Gasteiger charge is -2.20. The largest absolute Gasteiger partial charge is 0.448 e. The Morgan fingerprint density at radius 1 is 0.519 bits per heavy atom. The number of ketones is 2. The molecule has 1 heterocycles. The van der Waals surface area contributed by atoms with E-state index in [-0.39, 0.29) is 16.7 Å². The maximum absolute atomic E-state index is 13.7. The number of Topliss-reactive ketones (excluding diaryl/α,β-unsaturated/α-hetero) is 2. The van der Waals surface area contributed by atoms with E-state index in [0.29, 0.717) is 27.2 Å². The minimum absolute atomic E-state index is 0.0222. The molecule has 52 heavy (non-hydrogen) atoms. The first kappa shape index (κ1) is 35.3. The first-order valence-electron chi connectivity index (χ1n) is 16.7. The van der Waals surface area contributed by atoms with Gasteiger partial charge in [-0.2, -0.15) is 0 Å². The molecule has 0 fully saturated rings. The molecule has 0 N–H and O–H groups in total. The Hall–Kier alpha value is -6.48. The number of aryl methyl sites for hydroxylation is 4. The second kappa shape index (κ2) is 14.8. The minimum atomic E-state index is -1.32. The second-order valence-corrected chi connectivity index (χ2v) is 12.8. The van der Waals surface area contributed by atoms with Crippen molar-refractivity contribution in [1.29, 1.82) is 0 Å². The van der Waals surface area contributed by atoms with Crippen molar-refractivity contribution in [2.24, 2.45) is 0 Å². The number of fused-ring (bicyclic) bond motifs is 1. The highest BCUT2D eigenvalue weighted by Gasteiger charge is 2.39. The van der Waals surface area contributed by atoms with E-state index in [1.807, 2.05) is 33.8 Å². The molecule has 0 spiro atoms. The quantitative estimate of drug-likeness (QED) is 0.0793. The van der Waals surface area contributed by atoms with Crippen LogP contribution in [0.5, 0.6) is 0 Å². The molecule has 2 amide bonds. The average molecular weight is 694 g/mol. The van der Waals surface area contributed by atoms with Gasteiger partial charge in [0.15, 0.2) is 12.2 Å². The summed E-state index contributed by atoms with van der Waals surface area (Å²) in [5.41, 5.74) is 5.18. The Morgan fingerprint density at radius 3 is 1.48 bits per heavy atom. The van der Waals surface area contributed by atoms with Crippen LogP contribution in [-0.2, 0) is 14.3 Å². The van der Waals surface area contributed by atoms with Crippen LogP contribution in [0.3, 0.4) is 0 Å². The highest BCUT2D eigenvalue weighted by molar-refractivity contribution is 6.23. The van der Waals surface area contributed by atoms with Gasteiger partial charge < -0.3 is 9.47 Å². The summed E-state index contributed by atoms with van der Waals surface area (Å²) in [4.78, 5) is 81.7.